The molecule has 0 unspecified atom stereocenters. The predicted molar refractivity (Wildman–Crippen MR) is 77.3 cm³/mol. The molecule has 0 bridgehead atoms. The first kappa shape index (κ1) is 14.4. The van der Waals surface area contributed by atoms with E-state index in [1.807, 2.05) is 11.8 Å². The summed E-state index contributed by atoms with van der Waals surface area (Å²) in [4.78, 5) is 27.7. The lowest BCUT2D eigenvalue weighted by molar-refractivity contribution is -0.130. The molecule has 0 atom stereocenters. The molecule has 6 heteroatoms. The molecule has 2 rings (SSSR count). The first-order chi connectivity index (χ1) is 9.52. The standard InChI is InChI=1S/C14H22N4O2/c1-3-17-9-11(15)8-12(17)14(20)16(2)10-13(19)18-6-4-5-7-18/h8-9H,3-7,10,15H2,1-2H3. The van der Waals surface area contributed by atoms with Gasteiger partial charge in [-0.3, -0.25) is 9.59 Å². The van der Waals surface area contributed by atoms with Gasteiger partial charge in [0.15, 0.2) is 0 Å². The molecule has 6 nitrogen and oxygen atoms in total. The molecule has 1 aliphatic heterocycles. The van der Waals surface area contributed by atoms with Crippen LogP contribution in [-0.2, 0) is 11.3 Å². The first-order valence-corrected chi connectivity index (χ1v) is 7.01. The zero-order chi connectivity index (χ0) is 14.7. The Balaban J connectivity index is 2.02. The van der Waals surface area contributed by atoms with Gasteiger partial charge in [0.25, 0.3) is 5.91 Å². The summed E-state index contributed by atoms with van der Waals surface area (Å²) in [6.45, 7) is 4.35. The molecule has 1 aromatic rings. The molecule has 2 N–H and O–H groups in total. The van der Waals surface area contributed by atoms with Gasteiger partial charge in [-0.1, -0.05) is 0 Å². The number of hydrogen-bond acceptors (Lipinski definition) is 3. The van der Waals surface area contributed by atoms with Crippen LogP contribution in [0.25, 0.3) is 0 Å². The van der Waals surface area contributed by atoms with Crippen molar-refractivity contribution in [1.29, 1.82) is 0 Å². The molecule has 2 amide bonds. The van der Waals surface area contributed by atoms with E-state index in [1.165, 1.54) is 4.90 Å². The molecule has 1 saturated heterocycles. The van der Waals surface area contributed by atoms with Gasteiger partial charge in [0.05, 0.1) is 12.2 Å². The van der Waals surface area contributed by atoms with Crippen molar-refractivity contribution >= 4 is 17.5 Å². The number of likely N-dealkylation sites (tertiary alicyclic amines) is 1. The molecule has 1 aliphatic rings. The van der Waals surface area contributed by atoms with Crippen LogP contribution in [0.4, 0.5) is 5.69 Å². The molecule has 0 saturated carbocycles. The molecule has 0 spiro atoms. The van der Waals surface area contributed by atoms with Crippen LogP contribution in [0.1, 0.15) is 30.3 Å². The quantitative estimate of drug-likeness (QED) is 0.885. The van der Waals surface area contributed by atoms with Crippen molar-refractivity contribution in [2.24, 2.45) is 0 Å². The molecule has 1 aromatic heterocycles. The summed E-state index contributed by atoms with van der Waals surface area (Å²) >= 11 is 0. The minimum Gasteiger partial charge on any atom is -0.397 e. The Bertz CT molecular complexity index is 503. The number of rotatable bonds is 4. The maximum absolute atomic E-state index is 12.4. The third-order valence-electron chi connectivity index (χ3n) is 3.66. The van der Waals surface area contributed by atoms with E-state index in [1.54, 1.807) is 23.9 Å². The molecule has 0 aromatic carbocycles. The van der Waals surface area contributed by atoms with E-state index in [2.05, 4.69) is 0 Å². The summed E-state index contributed by atoms with van der Waals surface area (Å²) in [5.41, 5.74) is 6.82. The lowest BCUT2D eigenvalue weighted by Gasteiger charge is -2.21. The number of nitrogens with two attached hydrogens (primary N) is 1. The molecular formula is C14H22N4O2. The summed E-state index contributed by atoms with van der Waals surface area (Å²) in [5, 5.41) is 0. The van der Waals surface area contributed by atoms with Crippen LogP contribution in [0.2, 0.25) is 0 Å². The van der Waals surface area contributed by atoms with Gasteiger partial charge in [0.1, 0.15) is 5.69 Å². The summed E-state index contributed by atoms with van der Waals surface area (Å²) in [5.74, 6) is -0.156. The lowest BCUT2D eigenvalue weighted by atomic mass is 10.3. The minimum absolute atomic E-state index is 0.0147. The highest BCUT2D eigenvalue weighted by Crippen LogP contribution is 2.13. The molecule has 20 heavy (non-hydrogen) atoms. The van der Waals surface area contributed by atoms with E-state index in [0.717, 1.165) is 25.9 Å². The zero-order valence-corrected chi connectivity index (χ0v) is 12.1. The summed E-state index contributed by atoms with van der Waals surface area (Å²) in [6, 6.07) is 1.66. The van der Waals surface area contributed by atoms with E-state index in [4.69, 9.17) is 5.73 Å². The average Bonchev–Trinajstić information content (AvgIpc) is 3.06. The fraction of sp³-hybridized carbons (Fsp3) is 0.571. The number of amides is 2. The number of aryl methyl sites for hydroxylation is 1. The van der Waals surface area contributed by atoms with Crippen molar-refractivity contribution in [3.8, 4) is 0 Å². The largest absolute Gasteiger partial charge is 0.397 e. The highest BCUT2D eigenvalue weighted by atomic mass is 16.2. The van der Waals surface area contributed by atoms with Crippen molar-refractivity contribution in [3.05, 3.63) is 18.0 Å². The maximum atomic E-state index is 12.4. The fourth-order valence-corrected chi connectivity index (χ4v) is 2.51. The number of anilines is 1. The third kappa shape index (κ3) is 2.95. The Morgan fingerprint density at radius 2 is 2.00 bits per heavy atom. The van der Waals surface area contributed by atoms with E-state index in [9.17, 15) is 9.59 Å². The number of likely N-dealkylation sites (N-methyl/N-ethyl adjacent to an activating group) is 1. The van der Waals surface area contributed by atoms with Gasteiger partial charge in [0, 0.05) is 32.9 Å². The normalized spacial score (nSPS) is 14.6. The Hall–Kier alpha value is -1.98. The number of nitrogens with zero attached hydrogens (tertiary/aromatic N) is 3. The SMILES string of the molecule is CCn1cc(N)cc1C(=O)N(C)CC(=O)N1CCCC1. The van der Waals surface area contributed by atoms with Crippen molar-refractivity contribution < 1.29 is 9.59 Å². The summed E-state index contributed by atoms with van der Waals surface area (Å²) < 4.78 is 1.80. The van der Waals surface area contributed by atoms with Crippen LogP contribution < -0.4 is 5.73 Å². The molecule has 2 heterocycles. The highest BCUT2D eigenvalue weighted by Gasteiger charge is 2.23. The second-order valence-corrected chi connectivity index (χ2v) is 5.19. The van der Waals surface area contributed by atoms with Crippen molar-refractivity contribution in [1.82, 2.24) is 14.4 Å². The summed E-state index contributed by atoms with van der Waals surface area (Å²) in [7, 11) is 1.65. The smallest absolute Gasteiger partial charge is 0.270 e. The Kier molecular flexibility index (Phi) is 4.32. The van der Waals surface area contributed by atoms with Gasteiger partial charge in [-0.05, 0) is 25.8 Å². The minimum atomic E-state index is -0.170. The Morgan fingerprint density at radius 1 is 1.35 bits per heavy atom. The van der Waals surface area contributed by atoms with Crippen molar-refractivity contribution in [2.75, 3.05) is 32.4 Å². The number of nitrogen functional groups attached to an aromatic ring is 1. The van der Waals surface area contributed by atoms with Crippen molar-refractivity contribution in [3.63, 3.8) is 0 Å². The van der Waals surface area contributed by atoms with Crippen LogP contribution in [0.5, 0.6) is 0 Å². The van der Waals surface area contributed by atoms with E-state index in [0.29, 0.717) is 17.9 Å². The van der Waals surface area contributed by atoms with Gasteiger partial charge >= 0.3 is 0 Å². The second kappa shape index (κ2) is 5.98. The number of carbonyl (C=O) groups excluding carboxylic acids is 2. The predicted octanol–water partition coefficient (Wildman–Crippen LogP) is 0.785. The van der Waals surface area contributed by atoms with Crippen LogP contribution >= 0.6 is 0 Å². The van der Waals surface area contributed by atoms with E-state index < -0.39 is 0 Å². The summed E-state index contributed by atoms with van der Waals surface area (Å²) in [6.07, 6.45) is 3.85. The molecule has 0 aliphatic carbocycles. The fourth-order valence-electron chi connectivity index (χ4n) is 2.51. The van der Waals surface area contributed by atoms with Crippen molar-refractivity contribution in [2.45, 2.75) is 26.3 Å². The number of aromatic nitrogens is 1. The first-order valence-electron chi connectivity index (χ1n) is 7.01. The monoisotopic (exact) mass is 278 g/mol. The van der Waals surface area contributed by atoms with Gasteiger partial charge in [-0.25, -0.2) is 0 Å². The molecular weight excluding hydrogens is 256 g/mol. The van der Waals surface area contributed by atoms with E-state index >= 15 is 0 Å². The number of hydrogen-bond donors (Lipinski definition) is 1. The molecule has 110 valence electrons. The highest BCUT2D eigenvalue weighted by molar-refractivity contribution is 5.96. The third-order valence-corrected chi connectivity index (χ3v) is 3.66. The Labute approximate surface area is 119 Å². The number of carbonyl (C=O) groups is 2. The molecule has 0 radical (unpaired) electrons. The van der Waals surface area contributed by atoms with Gasteiger partial charge in [0.2, 0.25) is 5.91 Å². The van der Waals surface area contributed by atoms with Gasteiger partial charge < -0.3 is 20.1 Å². The van der Waals surface area contributed by atoms with E-state index in [-0.39, 0.29) is 18.4 Å². The molecule has 1 fully saturated rings. The maximum Gasteiger partial charge on any atom is 0.270 e. The average molecular weight is 278 g/mol. The van der Waals surface area contributed by atoms with Crippen LogP contribution in [0.3, 0.4) is 0 Å². The topological polar surface area (TPSA) is 71.6 Å². The van der Waals surface area contributed by atoms with Crippen LogP contribution in [0, 0.1) is 0 Å². The zero-order valence-electron chi connectivity index (χ0n) is 12.1. The second-order valence-electron chi connectivity index (χ2n) is 5.19. The Morgan fingerprint density at radius 3 is 2.60 bits per heavy atom. The van der Waals surface area contributed by atoms with Crippen LogP contribution in [-0.4, -0.2) is 52.9 Å². The van der Waals surface area contributed by atoms with Crippen LogP contribution in [0.15, 0.2) is 12.3 Å². The lowest BCUT2D eigenvalue weighted by Crippen LogP contribution is -2.40. The van der Waals surface area contributed by atoms with Gasteiger partial charge in [-0.2, -0.15) is 0 Å². The van der Waals surface area contributed by atoms with Gasteiger partial charge in [-0.15, -0.1) is 0 Å².